The average Bonchev–Trinajstić information content (AvgIpc) is 2.48. The van der Waals surface area contributed by atoms with Crippen LogP contribution in [0.5, 0.6) is 0 Å². The first-order valence-corrected chi connectivity index (χ1v) is 7.67. The Labute approximate surface area is 127 Å². The number of benzene rings is 1. The molecular weight excluding hydrogens is 264 g/mol. The molecule has 0 aliphatic heterocycles. The van der Waals surface area contributed by atoms with Crippen molar-refractivity contribution < 1.29 is 9.53 Å². The number of amides is 1. The fourth-order valence-electron chi connectivity index (χ4n) is 2.97. The summed E-state index contributed by atoms with van der Waals surface area (Å²) in [6.45, 7) is 7.31. The first-order valence-electron chi connectivity index (χ1n) is 7.67. The molecule has 0 bridgehead atoms. The Balaban J connectivity index is 1.98. The van der Waals surface area contributed by atoms with Crippen molar-refractivity contribution in [2.45, 2.75) is 45.3 Å². The van der Waals surface area contributed by atoms with Crippen LogP contribution < -0.4 is 11.1 Å². The first-order chi connectivity index (χ1) is 10.0. The van der Waals surface area contributed by atoms with Crippen molar-refractivity contribution in [3.63, 3.8) is 0 Å². The van der Waals surface area contributed by atoms with Crippen LogP contribution in [0.3, 0.4) is 0 Å². The zero-order valence-electron chi connectivity index (χ0n) is 13.1. The van der Waals surface area contributed by atoms with Crippen LogP contribution in [0.2, 0.25) is 0 Å². The lowest BCUT2D eigenvalue weighted by Crippen LogP contribution is -2.62. The molecule has 1 aliphatic rings. The minimum absolute atomic E-state index is 0.0109. The molecular formula is C17H26N2O2. The zero-order chi connectivity index (χ0) is 15.5. The number of carbonyl (C=O) groups excluding carboxylic acids is 1. The van der Waals surface area contributed by atoms with Gasteiger partial charge in [-0.2, -0.15) is 0 Å². The van der Waals surface area contributed by atoms with Crippen LogP contribution in [-0.4, -0.2) is 31.2 Å². The van der Waals surface area contributed by atoms with E-state index in [-0.39, 0.29) is 29.4 Å². The smallest absolute Gasteiger partial charge is 0.229 e. The number of nitrogens with two attached hydrogens (primary N) is 1. The minimum atomic E-state index is -0.284. The van der Waals surface area contributed by atoms with Crippen molar-refractivity contribution in [3.05, 3.63) is 35.9 Å². The monoisotopic (exact) mass is 290 g/mol. The highest BCUT2D eigenvalue weighted by Crippen LogP contribution is 2.42. The van der Waals surface area contributed by atoms with Crippen LogP contribution in [-0.2, 0) is 9.53 Å². The topological polar surface area (TPSA) is 64.3 Å². The molecule has 1 aromatic carbocycles. The van der Waals surface area contributed by atoms with Crippen LogP contribution in [0.4, 0.5) is 0 Å². The van der Waals surface area contributed by atoms with Gasteiger partial charge in [0.2, 0.25) is 5.91 Å². The molecule has 3 N–H and O–H groups in total. The van der Waals surface area contributed by atoms with Crippen LogP contribution >= 0.6 is 0 Å². The molecule has 4 nitrogen and oxygen atoms in total. The quantitative estimate of drug-likeness (QED) is 0.843. The normalized spacial score (nSPS) is 25.0. The Morgan fingerprint density at radius 2 is 2.10 bits per heavy atom. The predicted molar refractivity (Wildman–Crippen MR) is 84.0 cm³/mol. The van der Waals surface area contributed by atoms with Crippen LogP contribution in [0.1, 0.15) is 38.7 Å². The largest absolute Gasteiger partial charge is 0.378 e. The molecule has 1 fully saturated rings. The van der Waals surface area contributed by atoms with Crippen molar-refractivity contribution in [1.29, 1.82) is 0 Å². The van der Waals surface area contributed by atoms with E-state index in [1.807, 2.05) is 37.3 Å². The van der Waals surface area contributed by atoms with Gasteiger partial charge in [-0.25, -0.2) is 0 Å². The number of ether oxygens (including phenoxy) is 1. The van der Waals surface area contributed by atoms with E-state index in [0.29, 0.717) is 13.2 Å². The third kappa shape index (κ3) is 3.27. The number of hydrogen-bond donors (Lipinski definition) is 2. The summed E-state index contributed by atoms with van der Waals surface area (Å²) in [5.41, 5.74) is 6.74. The number of rotatable bonds is 6. The van der Waals surface area contributed by atoms with Gasteiger partial charge in [0.05, 0.1) is 12.0 Å². The van der Waals surface area contributed by atoms with E-state index >= 15 is 0 Å². The van der Waals surface area contributed by atoms with Gasteiger partial charge < -0.3 is 15.8 Å². The Morgan fingerprint density at radius 1 is 1.43 bits per heavy atom. The predicted octanol–water partition coefficient (Wildman–Crippen LogP) is 2.05. The second-order valence-electron chi connectivity index (χ2n) is 6.26. The summed E-state index contributed by atoms with van der Waals surface area (Å²) in [7, 11) is 0. The Kier molecular flexibility index (Phi) is 5.01. The van der Waals surface area contributed by atoms with Gasteiger partial charge in [-0.15, -0.1) is 0 Å². The van der Waals surface area contributed by atoms with Crippen molar-refractivity contribution in [2.75, 3.05) is 13.2 Å². The molecule has 1 aromatic rings. The van der Waals surface area contributed by atoms with Crippen LogP contribution in [0.15, 0.2) is 30.3 Å². The van der Waals surface area contributed by atoms with Crippen molar-refractivity contribution in [2.24, 2.45) is 11.1 Å². The zero-order valence-corrected chi connectivity index (χ0v) is 13.1. The Hall–Kier alpha value is -1.39. The van der Waals surface area contributed by atoms with Gasteiger partial charge in [0.1, 0.15) is 0 Å². The Bertz CT molecular complexity index is 473. The number of hydrogen-bond acceptors (Lipinski definition) is 3. The van der Waals surface area contributed by atoms with Gasteiger partial charge in [0, 0.05) is 24.6 Å². The van der Waals surface area contributed by atoms with Crippen LogP contribution in [0, 0.1) is 5.41 Å². The summed E-state index contributed by atoms with van der Waals surface area (Å²) in [6.07, 6.45) is 1.10. The highest BCUT2D eigenvalue weighted by atomic mass is 16.5. The molecule has 3 atom stereocenters. The van der Waals surface area contributed by atoms with Crippen molar-refractivity contribution >= 4 is 5.91 Å². The molecule has 0 saturated heterocycles. The van der Waals surface area contributed by atoms with Gasteiger partial charge in [-0.3, -0.25) is 4.79 Å². The van der Waals surface area contributed by atoms with E-state index in [2.05, 4.69) is 19.2 Å². The Morgan fingerprint density at radius 3 is 2.62 bits per heavy atom. The lowest BCUT2D eigenvalue weighted by molar-refractivity contribution is -0.137. The standard InChI is InChI=1S/C17H26N2O2/c1-4-21-15-10-14(17(15,2)3)19-16(20)13(11-18)12-8-6-5-7-9-12/h5-9,13-15H,4,10-11,18H2,1-3H3,(H,19,20). The molecule has 4 heteroatoms. The van der Waals surface area contributed by atoms with Crippen LogP contribution in [0.25, 0.3) is 0 Å². The molecule has 0 spiro atoms. The molecule has 116 valence electrons. The maximum absolute atomic E-state index is 12.5. The summed E-state index contributed by atoms with van der Waals surface area (Å²) in [5.74, 6) is -0.273. The molecule has 0 heterocycles. The fraction of sp³-hybridized carbons (Fsp3) is 0.588. The van der Waals surface area contributed by atoms with E-state index in [4.69, 9.17) is 10.5 Å². The summed E-state index contributed by atoms with van der Waals surface area (Å²) < 4.78 is 5.70. The molecule has 21 heavy (non-hydrogen) atoms. The molecule has 1 amide bonds. The van der Waals surface area contributed by atoms with E-state index in [0.717, 1.165) is 12.0 Å². The van der Waals surface area contributed by atoms with Gasteiger partial charge in [0.25, 0.3) is 0 Å². The maximum atomic E-state index is 12.5. The van der Waals surface area contributed by atoms with Gasteiger partial charge in [-0.05, 0) is 18.9 Å². The lowest BCUT2D eigenvalue weighted by atomic mass is 9.64. The second kappa shape index (κ2) is 6.58. The van der Waals surface area contributed by atoms with Crippen molar-refractivity contribution in [1.82, 2.24) is 5.32 Å². The molecule has 1 saturated carbocycles. The van der Waals surface area contributed by atoms with Gasteiger partial charge in [-0.1, -0.05) is 44.2 Å². The molecule has 0 radical (unpaired) electrons. The minimum Gasteiger partial charge on any atom is -0.378 e. The number of nitrogens with one attached hydrogen (secondary N) is 1. The van der Waals surface area contributed by atoms with E-state index in [1.54, 1.807) is 0 Å². The SMILES string of the molecule is CCOC1CC(NC(=O)C(CN)c2ccccc2)C1(C)C. The molecule has 3 unspecified atom stereocenters. The average molecular weight is 290 g/mol. The summed E-state index contributed by atoms with van der Waals surface area (Å²) >= 11 is 0. The third-order valence-electron chi connectivity index (χ3n) is 4.62. The maximum Gasteiger partial charge on any atom is 0.229 e. The van der Waals surface area contributed by atoms with Gasteiger partial charge in [0.15, 0.2) is 0 Å². The molecule has 2 rings (SSSR count). The van der Waals surface area contributed by atoms with Gasteiger partial charge >= 0.3 is 0 Å². The van der Waals surface area contributed by atoms with E-state index in [9.17, 15) is 4.79 Å². The summed E-state index contributed by atoms with van der Waals surface area (Å²) in [4.78, 5) is 12.5. The van der Waals surface area contributed by atoms with Crippen molar-refractivity contribution in [3.8, 4) is 0 Å². The first kappa shape index (κ1) is 16.0. The van der Waals surface area contributed by atoms with E-state index < -0.39 is 0 Å². The van der Waals surface area contributed by atoms with E-state index in [1.165, 1.54) is 0 Å². The lowest BCUT2D eigenvalue weighted by Gasteiger charge is -2.51. The highest BCUT2D eigenvalue weighted by molar-refractivity contribution is 5.84. The third-order valence-corrected chi connectivity index (χ3v) is 4.62. The number of carbonyl (C=O) groups is 1. The molecule has 1 aliphatic carbocycles. The molecule has 0 aromatic heterocycles. The summed E-state index contributed by atoms with van der Waals surface area (Å²) in [6, 6.07) is 9.86. The fourth-order valence-corrected chi connectivity index (χ4v) is 2.97. The summed E-state index contributed by atoms with van der Waals surface area (Å²) in [5, 5.41) is 3.15. The highest BCUT2D eigenvalue weighted by Gasteiger charge is 2.49. The second-order valence-corrected chi connectivity index (χ2v) is 6.26.